The predicted octanol–water partition coefficient (Wildman–Crippen LogP) is 9.48. The number of rotatable bonds is 0. The maximum atomic E-state index is 2.34. The molecular formula is C30H44. The Morgan fingerprint density at radius 2 is 1.23 bits per heavy atom. The molecule has 1 saturated carbocycles. The minimum Gasteiger partial charge on any atom is -0.0805 e. The highest BCUT2D eigenvalue weighted by Gasteiger charge is 2.07. The topological polar surface area (TPSA) is 0 Å². The summed E-state index contributed by atoms with van der Waals surface area (Å²) in [6.07, 6.45) is 38.1. The van der Waals surface area contributed by atoms with Crippen LogP contribution >= 0.6 is 0 Å². The first kappa shape index (κ1) is 26.0. The zero-order valence-electron chi connectivity index (χ0n) is 20.1. The van der Waals surface area contributed by atoms with Gasteiger partial charge in [0.15, 0.2) is 0 Å². The highest BCUT2D eigenvalue weighted by molar-refractivity contribution is 5.23. The molecule has 0 aromatic carbocycles. The number of hydrogen-bond acceptors (Lipinski definition) is 0. The Kier molecular flexibility index (Phi) is 14.4. The van der Waals surface area contributed by atoms with Crippen molar-refractivity contribution < 1.29 is 0 Å². The first-order valence-corrected chi connectivity index (χ1v) is 11.8. The summed E-state index contributed by atoms with van der Waals surface area (Å²) in [4.78, 5) is 0. The highest BCUT2D eigenvalue weighted by Crippen LogP contribution is 2.23. The molecule has 0 aromatic rings. The van der Waals surface area contributed by atoms with Crippen LogP contribution in [-0.4, -0.2) is 0 Å². The molecule has 0 spiro atoms. The molecule has 0 aromatic heterocycles. The van der Waals surface area contributed by atoms with Crippen LogP contribution in [-0.2, 0) is 0 Å². The molecule has 164 valence electrons. The van der Waals surface area contributed by atoms with E-state index in [9.17, 15) is 0 Å². The fourth-order valence-electron chi connectivity index (χ4n) is 3.35. The van der Waals surface area contributed by atoms with Crippen LogP contribution in [0.5, 0.6) is 0 Å². The van der Waals surface area contributed by atoms with Crippen molar-refractivity contribution in [3.63, 3.8) is 0 Å². The second-order valence-corrected chi connectivity index (χ2v) is 8.88. The van der Waals surface area contributed by atoms with E-state index in [1.54, 1.807) is 0 Å². The van der Waals surface area contributed by atoms with Crippen LogP contribution in [0.15, 0.2) is 96.2 Å². The summed E-state index contributed by atoms with van der Waals surface area (Å²) in [6, 6.07) is 0. The van der Waals surface area contributed by atoms with Crippen molar-refractivity contribution in [3.05, 3.63) is 96.2 Å². The first-order valence-electron chi connectivity index (χ1n) is 11.8. The van der Waals surface area contributed by atoms with Crippen LogP contribution in [0, 0.1) is 17.8 Å². The molecule has 0 amide bonds. The van der Waals surface area contributed by atoms with Crippen LogP contribution in [0.3, 0.4) is 0 Å². The van der Waals surface area contributed by atoms with E-state index in [1.165, 1.54) is 43.3 Å². The van der Waals surface area contributed by atoms with Gasteiger partial charge in [-0.15, -0.1) is 0 Å². The van der Waals surface area contributed by atoms with Gasteiger partial charge in [0.1, 0.15) is 0 Å². The zero-order valence-corrected chi connectivity index (χ0v) is 20.1. The van der Waals surface area contributed by atoms with Gasteiger partial charge in [0.25, 0.3) is 0 Å². The van der Waals surface area contributed by atoms with Gasteiger partial charge in [-0.1, -0.05) is 143 Å². The SMILES string of the molecule is CC1=CC=CC1.CC1=CCC=C1.CC1C=CC=C1.CC1C=CC=C1.CC1CCCC1. The average Bonchev–Trinajstić information content (AvgIpc) is 3.50. The minimum atomic E-state index is 0.685. The van der Waals surface area contributed by atoms with E-state index in [-0.39, 0.29) is 0 Å². The molecule has 5 rings (SSSR count). The molecule has 0 aliphatic heterocycles. The summed E-state index contributed by atoms with van der Waals surface area (Å²) in [5, 5.41) is 0. The Hall–Kier alpha value is -2.08. The highest BCUT2D eigenvalue weighted by atomic mass is 14.1. The van der Waals surface area contributed by atoms with Gasteiger partial charge in [0.05, 0.1) is 0 Å². The van der Waals surface area contributed by atoms with Crippen molar-refractivity contribution in [2.75, 3.05) is 0 Å². The van der Waals surface area contributed by atoms with E-state index in [1.807, 2.05) is 0 Å². The van der Waals surface area contributed by atoms with E-state index in [4.69, 9.17) is 0 Å². The maximum Gasteiger partial charge on any atom is -0.00756 e. The van der Waals surface area contributed by atoms with Gasteiger partial charge in [-0.3, -0.25) is 0 Å². The maximum absolute atomic E-state index is 2.34. The van der Waals surface area contributed by atoms with Crippen LogP contribution in [0.2, 0.25) is 0 Å². The van der Waals surface area contributed by atoms with Crippen molar-refractivity contribution in [1.82, 2.24) is 0 Å². The predicted molar refractivity (Wildman–Crippen MR) is 138 cm³/mol. The van der Waals surface area contributed by atoms with Crippen molar-refractivity contribution in [2.24, 2.45) is 17.8 Å². The number of hydrogen-bond donors (Lipinski definition) is 0. The molecule has 0 radical (unpaired) electrons. The van der Waals surface area contributed by atoms with Gasteiger partial charge >= 0.3 is 0 Å². The van der Waals surface area contributed by atoms with E-state index in [0.717, 1.165) is 12.3 Å². The van der Waals surface area contributed by atoms with Crippen LogP contribution < -0.4 is 0 Å². The molecule has 0 heterocycles. The molecule has 1 fully saturated rings. The minimum absolute atomic E-state index is 0.685. The zero-order chi connectivity index (χ0) is 22.0. The largest absolute Gasteiger partial charge is 0.0805 e. The summed E-state index contributed by atoms with van der Waals surface area (Å²) >= 11 is 0. The number of allylic oxidation sites excluding steroid dienone is 16. The lowest BCUT2D eigenvalue weighted by Crippen LogP contribution is -1.78. The summed E-state index contributed by atoms with van der Waals surface area (Å²) in [7, 11) is 0. The summed E-state index contributed by atoms with van der Waals surface area (Å²) in [5.41, 5.74) is 2.87. The van der Waals surface area contributed by atoms with E-state index in [0.29, 0.717) is 11.8 Å². The van der Waals surface area contributed by atoms with E-state index < -0.39 is 0 Å². The molecule has 0 N–H and O–H groups in total. The second kappa shape index (κ2) is 16.7. The van der Waals surface area contributed by atoms with Crippen molar-refractivity contribution in [1.29, 1.82) is 0 Å². The lowest BCUT2D eigenvalue weighted by atomic mass is 10.2. The van der Waals surface area contributed by atoms with Gasteiger partial charge in [0, 0.05) is 0 Å². The third kappa shape index (κ3) is 14.9. The summed E-state index contributed by atoms with van der Waals surface area (Å²) < 4.78 is 0. The average molecular weight is 405 g/mol. The Labute approximate surface area is 187 Å². The molecule has 0 nitrogen and oxygen atoms in total. The lowest BCUT2D eigenvalue weighted by Gasteiger charge is -1.91. The molecule has 0 bridgehead atoms. The molecule has 0 atom stereocenters. The lowest BCUT2D eigenvalue weighted by molar-refractivity contribution is 0.612. The standard InChI is InChI=1S/C6H12.4C6H8/c5*1-6-4-2-3-5-6/h6H,2-5H2,1H3;2,4-5H,3H2,1H3;2-4H,5H2,1H3;2*2-6H,1H3. The molecule has 30 heavy (non-hydrogen) atoms. The molecule has 0 heteroatoms. The fraction of sp³-hybridized carbons (Fsp3) is 0.467. The Bertz CT molecular complexity index is 629. The molecule has 5 aliphatic carbocycles. The van der Waals surface area contributed by atoms with Gasteiger partial charge in [-0.2, -0.15) is 0 Å². The second-order valence-electron chi connectivity index (χ2n) is 8.88. The van der Waals surface area contributed by atoms with Gasteiger partial charge in [0.2, 0.25) is 0 Å². The normalized spacial score (nSPS) is 20.6. The molecule has 5 aliphatic rings. The third-order valence-corrected chi connectivity index (χ3v) is 5.44. The summed E-state index contributed by atoms with van der Waals surface area (Å²) in [5.74, 6) is 2.42. The smallest absolute Gasteiger partial charge is 0.00756 e. The van der Waals surface area contributed by atoms with Gasteiger partial charge < -0.3 is 0 Å². The molecule has 0 saturated heterocycles. The third-order valence-electron chi connectivity index (χ3n) is 5.44. The van der Waals surface area contributed by atoms with Crippen LogP contribution in [0.1, 0.15) is 73.1 Å². The summed E-state index contributed by atoms with van der Waals surface area (Å²) in [6.45, 7) is 10.9. The van der Waals surface area contributed by atoms with E-state index >= 15 is 0 Å². The van der Waals surface area contributed by atoms with E-state index in [2.05, 4.69) is 120 Å². The van der Waals surface area contributed by atoms with Crippen LogP contribution in [0.4, 0.5) is 0 Å². The van der Waals surface area contributed by atoms with Gasteiger partial charge in [-0.25, -0.2) is 0 Å². The Morgan fingerprint density at radius 1 is 0.700 bits per heavy atom. The Morgan fingerprint density at radius 3 is 1.37 bits per heavy atom. The van der Waals surface area contributed by atoms with Gasteiger partial charge in [-0.05, 0) is 44.4 Å². The van der Waals surface area contributed by atoms with Crippen molar-refractivity contribution >= 4 is 0 Å². The fourth-order valence-corrected chi connectivity index (χ4v) is 3.35. The monoisotopic (exact) mass is 404 g/mol. The quantitative estimate of drug-likeness (QED) is 0.377. The molecular weight excluding hydrogens is 360 g/mol. The molecule has 0 unspecified atom stereocenters. The van der Waals surface area contributed by atoms with Crippen molar-refractivity contribution in [3.8, 4) is 0 Å². The Balaban J connectivity index is 0.000000187. The first-order chi connectivity index (χ1) is 14.5. The van der Waals surface area contributed by atoms with Crippen LogP contribution in [0.25, 0.3) is 0 Å². The van der Waals surface area contributed by atoms with Crippen molar-refractivity contribution in [2.45, 2.75) is 73.1 Å².